The van der Waals surface area contributed by atoms with Gasteiger partial charge in [-0.15, -0.1) is 0 Å². The molecule has 0 aliphatic heterocycles. The molecule has 87 heavy (non-hydrogen) atoms. The maximum absolute atomic E-state index is 12.8. The van der Waals surface area contributed by atoms with Gasteiger partial charge >= 0.3 is 19.8 Å². The predicted octanol–water partition coefficient (Wildman–Crippen LogP) is 24.1. The minimum Gasteiger partial charge on any atom is -0.462 e. The van der Waals surface area contributed by atoms with Gasteiger partial charge in [-0.3, -0.25) is 18.6 Å². The SMILES string of the molecule is CC/C=C\C/C=C\C/C=C\C/C=C\C/C=C\C/C=C\C/C=C\C/C=C\C/C=C\CCCCCCCCCC(=O)OC(COC(=O)CCCCCCCCCCCCCCCCCCCCCCCCCCCCCCCCC)COP(=O)(O)OCCN. The van der Waals surface area contributed by atoms with E-state index in [9.17, 15) is 19.0 Å². The second-order valence-electron chi connectivity index (χ2n) is 24.1. The van der Waals surface area contributed by atoms with E-state index in [2.05, 4.69) is 123 Å². The van der Waals surface area contributed by atoms with Crippen molar-refractivity contribution in [3.05, 3.63) is 109 Å². The number of carbonyl (C=O) groups is 2. The van der Waals surface area contributed by atoms with E-state index in [1.807, 2.05) is 0 Å². The molecule has 0 aromatic heterocycles. The number of unbranched alkanes of at least 4 members (excludes halogenated alkanes) is 37. The fourth-order valence-electron chi connectivity index (χ4n) is 10.3. The predicted molar refractivity (Wildman–Crippen MR) is 376 cm³/mol. The lowest BCUT2D eigenvalue weighted by Gasteiger charge is -2.19. The Bertz CT molecular complexity index is 1800. The van der Waals surface area contributed by atoms with Gasteiger partial charge in [0.15, 0.2) is 6.10 Å². The Morgan fingerprint density at radius 3 is 0.943 bits per heavy atom. The summed E-state index contributed by atoms with van der Waals surface area (Å²) in [6.07, 6.45) is 99.1. The molecule has 10 heteroatoms. The van der Waals surface area contributed by atoms with Gasteiger partial charge in [0.25, 0.3) is 0 Å². The molecule has 0 rings (SSSR count). The summed E-state index contributed by atoms with van der Waals surface area (Å²) in [6, 6.07) is 0. The van der Waals surface area contributed by atoms with E-state index < -0.39 is 26.5 Å². The molecule has 2 atom stereocenters. The first-order chi connectivity index (χ1) is 42.8. The largest absolute Gasteiger partial charge is 0.472 e. The van der Waals surface area contributed by atoms with E-state index in [-0.39, 0.29) is 38.6 Å². The van der Waals surface area contributed by atoms with Crippen LogP contribution < -0.4 is 5.73 Å². The van der Waals surface area contributed by atoms with Crippen LogP contribution in [0.4, 0.5) is 0 Å². The van der Waals surface area contributed by atoms with Crippen LogP contribution in [0.15, 0.2) is 109 Å². The fraction of sp³-hybridized carbons (Fsp3) is 0.740. The van der Waals surface area contributed by atoms with E-state index in [4.69, 9.17) is 24.3 Å². The van der Waals surface area contributed by atoms with E-state index in [1.165, 1.54) is 199 Å². The van der Waals surface area contributed by atoms with Gasteiger partial charge in [-0.05, 0) is 83.5 Å². The molecule has 2 unspecified atom stereocenters. The van der Waals surface area contributed by atoms with Crippen molar-refractivity contribution < 1.29 is 37.6 Å². The van der Waals surface area contributed by atoms with Crippen molar-refractivity contribution in [3.63, 3.8) is 0 Å². The van der Waals surface area contributed by atoms with Gasteiger partial charge in [0.05, 0.1) is 13.2 Å². The zero-order valence-corrected chi connectivity index (χ0v) is 57.4. The number of hydrogen-bond donors (Lipinski definition) is 2. The third-order valence-corrected chi connectivity index (χ3v) is 16.7. The lowest BCUT2D eigenvalue weighted by Crippen LogP contribution is -2.29. The Hall–Kier alpha value is -3.33. The number of rotatable bonds is 68. The second-order valence-corrected chi connectivity index (χ2v) is 25.5. The van der Waals surface area contributed by atoms with Crippen LogP contribution in [0, 0.1) is 0 Å². The minimum atomic E-state index is -4.40. The van der Waals surface area contributed by atoms with Crippen molar-refractivity contribution in [3.8, 4) is 0 Å². The summed E-state index contributed by atoms with van der Waals surface area (Å²) in [6.45, 7) is 3.66. The molecule has 3 N–H and O–H groups in total. The molecule has 0 amide bonds. The average molecular weight is 1230 g/mol. The molecule has 0 aliphatic carbocycles. The summed E-state index contributed by atoms with van der Waals surface area (Å²) in [7, 11) is -4.40. The van der Waals surface area contributed by atoms with Crippen LogP contribution in [0.25, 0.3) is 0 Å². The number of hydrogen-bond acceptors (Lipinski definition) is 8. The van der Waals surface area contributed by atoms with Gasteiger partial charge in [-0.2, -0.15) is 0 Å². The minimum absolute atomic E-state index is 0.0479. The van der Waals surface area contributed by atoms with Gasteiger partial charge < -0.3 is 20.1 Å². The van der Waals surface area contributed by atoms with Crippen LogP contribution in [-0.2, 0) is 32.7 Å². The molecule has 0 heterocycles. The third-order valence-electron chi connectivity index (χ3n) is 15.7. The van der Waals surface area contributed by atoms with Crippen molar-refractivity contribution in [2.24, 2.45) is 5.73 Å². The molecule has 0 saturated heterocycles. The average Bonchev–Trinajstić information content (AvgIpc) is 3.64. The Morgan fingerprint density at radius 2 is 0.632 bits per heavy atom. The normalized spacial score (nSPS) is 13.6. The van der Waals surface area contributed by atoms with Crippen LogP contribution in [0.2, 0.25) is 0 Å². The molecule has 0 saturated carbocycles. The topological polar surface area (TPSA) is 134 Å². The highest BCUT2D eigenvalue weighted by molar-refractivity contribution is 7.47. The first kappa shape index (κ1) is 83.7. The molecule has 0 aromatic carbocycles. The Balaban J connectivity index is 3.91. The van der Waals surface area contributed by atoms with E-state index in [0.29, 0.717) is 6.42 Å². The van der Waals surface area contributed by atoms with E-state index in [0.717, 1.165) is 103 Å². The number of allylic oxidation sites excluding steroid dienone is 18. The number of esters is 2. The second kappa shape index (κ2) is 71.7. The van der Waals surface area contributed by atoms with Gasteiger partial charge in [0.1, 0.15) is 6.61 Å². The monoisotopic (exact) mass is 1230 g/mol. The number of ether oxygens (including phenoxy) is 2. The number of carbonyl (C=O) groups excluding carboxylic acids is 2. The maximum Gasteiger partial charge on any atom is 0.472 e. The Kier molecular flexibility index (Phi) is 69.0. The van der Waals surface area contributed by atoms with Crippen molar-refractivity contribution in [1.82, 2.24) is 0 Å². The molecule has 0 spiro atoms. The number of phosphoric acid groups is 1. The van der Waals surface area contributed by atoms with Crippen LogP contribution in [0.5, 0.6) is 0 Å². The molecule has 0 bridgehead atoms. The lowest BCUT2D eigenvalue weighted by atomic mass is 10.0. The summed E-state index contributed by atoms with van der Waals surface area (Å²) >= 11 is 0. The highest BCUT2D eigenvalue weighted by atomic mass is 31.2. The van der Waals surface area contributed by atoms with Crippen LogP contribution in [-0.4, -0.2) is 49.3 Å². The van der Waals surface area contributed by atoms with Crippen molar-refractivity contribution >= 4 is 19.8 Å². The molecule has 9 nitrogen and oxygen atoms in total. The number of phosphoric ester groups is 1. The van der Waals surface area contributed by atoms with Gasteiger partial charge in [-0.25, -0.2) is 4.57 Å². The smallest absolute Gasteiger partial charge is 0.462 e. The highest BCUT2D eigenvalue weighted by Gasteiger charge is 2.26. The summed E-state index contributed by atoms with van der Waals surface area (Å²) < 4.78 is 33.2. The fourth-order valence-corrected chi connectivity index (χ4v) is 11.1. The van der Waals surface area contributed by atoms with Gasteiger partial charge in [-0.1, -0.05) is 348 Å². The third kappa shape index (κ3) is 71.6. The van der Waals surface area contributed by atoms with Crippen molar-refractivity contribution in [2.45, 2.75) is 341 Å². The molecule has 0 aromatic rings. The van der Waals surface area contributed by atoms with Crippen molar-refractivity contribution in [1.29, 1.82) is 0 Å². The zero-order chi connectivity index (χ0) is 63.0. The van der Waals surface area contributed by atoms with Crippen LogP contribution >= 0.6 is 7.82 Å². The quantitative estimate of drug-likeness (QED) is 0.0264. The summed E-state index contributed by atoms with van der Waals surface area (Å²) in [5.41, 5.74) is 5.40. The van der Waals surface area contributed by atoms with Crippen LogP contribution in [0.1, 0.15) is 335 Å². The zero-order valence-electron chi connectivity index (χ0n) is 56.5. The Morgan fingerprint density at radius 1 is 0.356 bits per heavy atom. The summed E-state index contributed by atoms with van der Waals surface area (Å²) in [5.74, 6) is -0.833. The van der Waals surface area contributed by atoms with E-state index in [1.54, 1.807) is 0 Å². The highest BCUT2D eigenvalue weighted by Crippen LogP contribution is 2.43. The maximum atomic E-state index is 12.8. The summed E-state index contributed by atoms with van der Waals surface area (Å²) in [5, 5.41) is 0. The molecule has 0 aliphatic rings. The first-order valence-electron chi connectivity index (χ1n) is 36.4. The molecular formula is C77H136NO8P. The number of nitrogens with two attached hydrogens (primary N) is 1. The first-order valence-corrected chi connectivity index (χ1v) is 37.9. The molecule has 0 fully saturated rings. The van der Waals surface area contributed by atoms with Crippen molar-refractivity contribution in [2.75, 3.05) is 26.4 Å². The Labute approximate surface area is 537 Å². The molecule has 0 radical (unpaired) electrons. The summed E-state index contributed by atoms with van der Waals surface area (Å²) in [4.78, 5) is 35.4. The lowest BCUT2D eigenvalue weighted by molar-refractivity contribution is -0.161. The van der Waals surface area contributed by atoms with E-state index >= 15 is 0 Å². The van der Waals surface area contributed by atoms with Crippen LogP contribution in [0.3, 0.4) is 0 Å². The van der Waals surface area contributed by atoms with Gasteiger partial charge in [0, 0.05) is 19.4 Å². The standard InChI is InChI=1S/C77H136NO8P/c1-3-5-7-9-11-13-15-17-19-21-23-25-27-29-31-33-35-36-37-38-40-42-44-46-48-50-52-54-56-58-60-62-64-66-68-70-77(80)86-75(74-85-87(81,82)84-72-71-78)73-83-76(79)69-67-65-63-61-59-57-55-53-51-49-47-45-43-41-39-34-32-30-28-26-24-22-20-18-16-14-12-10-8-6-4-2/h5,7,11,13,17,19,23,25,29,31,35-36,38,40,44,46,50,52,75H,3-4,6,8-10,12,14-16,18,20-22,24,26-28,30,32-34,37,39,41-43,45,47-49,51,53-74,78H2,1-2H3,(H,81,82)/b7-5-,13-11-,19-17-,25-23-,31-29-,36-35-,40-38-,46-44-,52-50-. The molecular weight excluding hydrogens is 1100 g/mol. The van der Waals surface area contributed by atoms with Gasteiger partial charge in [0.2, 0.25) is 0 Å². The molecule has 502 valence electrons.